The molecule has 54 heavy (non-hydrogen) atoms. The van der Waals surface area contributed by atoms with Crippen molar-refractivity contribution in [3.05, 3.63) is 64.7 Å². The standard InChI is InChI=1S/C40H49N5O7S2/c1-4-27-20-40(27,37(49)44-54(50,51)29-14-15-29)43-34(46)31-19-28-21-45(31)35(47)33(24-9-5-6-10-24)42-38-41-32(22-53-38)39(2,3)16-8-13-23-11-7-12-25-17-26(18-30(23)25)36(48)52-28/h4,7-8,11-13,22,24,26-29,31,33H,1,5-6,9-10,14-21H2,2-3H3,(H,41,42)(H,43,46)(H,44,49)/t26?,27-,28-,31+,33+,40-/m1/s1. The lowest BCUT2D eigenvalue weighted by atomic mass is 9.86. The van der Waals surface area contributed by atoms with Gasteiger partial charge >= 0.3 is 5.97 Å². The molecule has 3 heterocycles. The van der Waals surface area contributed by atoms with Gasteiger partial charge in [-0.05, 0) is 74.0 Å². The van der Waals surface area contributed by atoms with E-state index in [-0.39, 0.29) is 42.6 Å². The average Bonchev–Trinajstić information content (AvgIpc) is 3.74. The molecule has 12 nitrogen and oxygen atoms in total. The summed E-state index contributed by atoms with van der Waals surface area (Å²) in [6.07, 6.45) is 11.7. The number of ether oxygens (including phenoxy) is 1. The molecular formula is C40H49N5O7S2. The van der Waals surface area contributed by atoms with E-state index in [2.05, 4.69) is 60.1 Å². The van der Waals surface area contributed by atoms with Gasteiger partial charge in [-0.15, -0.1) is 17.9 Å². The van der Waals surface area contributed by atoms with E-state index >= 15 is 0 Å². The van der Waals surface area contributed by atoms with Gasteiger partial charge in [0.25, 0.3) is 5.91 Å². The van der Waals surface area contributed by atoms with Crippen molar-refractivity contribution in [1.82, 2.24) is 19.9 Å². The van der Waals surface area contributed by atoms with E-state index < -0.39 is 62.6 Å². The second-order valence-electron chi connectivity index (χ2n) is 16.8. The molecule has 6 bridgehead atoms. The van der Waals surface area contributed by atoms with Gasteiger partial charge in [0.1, 0.15) is 23.7 Å². The normalized spacial score (nSPS) is 30.8. The number of fused-ring (bicyclic) bond motifs is 5. The average molecular weight is 776 g/mol. The Morgan fingerprint density at radius 3 is 2.63 bits per heavy atom. The molecule has 3 saturated carbocycles. The molecule has 4 fully saturated rings. The van der Waals surface area contributed by atoms with Crippen molar-refractivity contribution in [2.24, 2.45) is 17.8 Å². The number of thiazole rings is 1. The minimum absolute atomic E-state index is 0.00348. The van der Waals surface area contributed by atoms with Gasteiger partial charge in [0, 0.05) is 23.1 Å². The number of esters is 1. The van der Waals surface area contributed by atoms with Crippen LogP contribution in [0.25, 0.3) is 6.08 Å². The molecule has 3 N–H and O–H groups in total. The number of hydrogen-bond acceptors (Lipinski definition) is 10. The minimum atomic E-state index is -3.87. The molecule has 1 unspecified atom stereocenters. The smallest absolute Gasteiger partial charge is 0.309 e. The fourth-order valence-corrected chi connectivity index (χ4v) is 11.2. The molecule has 0 radical (unpaired) electrons. The Balaban J connectivity index is 1.12. The van der Waals surface area contributed by atoms with Gasteiger partial charge in [-0.2, -0.15) is 0 Å². The summed E-state index contributed by atoms with van der Waals surface area (Å²) in [5.74, 6) is -2.93. The summed E-state index contributed by atoms with van der Waals surface area (Å²) in [6, 6.07) is 4.39. The topological polar surface area (TPSA) is 164 Å². The van der Waals surface area contributed by atoms with Crippen molar-refractivity contribution in [2.75, 3.05) is 11.9 Å². The van der Waals surface area contributed by atoms with Crippen LogP contribution >= 0.6 is 11.3 Å². The first kappa shape index (κ1) is 36.9. The molecule has 6 aliphatic rings. The number of rotatable bonds is 7. The number of sulfonamides is 1. The van der Waals surface area contributed by atoms with Crippen LogP contribution in [0, 0.1) is 17.8 Å². The molecule has 6 atom stereocenters. The van der Waals surface area contributed by atoms with Crippen LogP contribution in [0.15, 0.2) is 42.3 Å². The zero-order valence-corrected chi connectivity index (χ0v) is 32.5. The lowest BCUT2D eigenvalue weighted by Gasteiger charge is -2.32. The second kappa shape index (κ2) is 13.9. The molecule has 0 spiro atoms. The van der Waals surface area contributed by atoms with Crippen molar-refractivity contribution >= 4 is 56.3 Å². The van der Waals surface area contributed by atoms with Gasteiger partial charge in [0.15, 0.2) is 5.13 Å². The number of nitrogens with zero attached hydrogens (tertiary/aromatic N) is 2. The summed E-state index contributed by atoms with van der Waals surface area (Å²) < 4.78 is 33.8. The Morgan fingerprint density at radius 2 is 1.91 bits per heavy atom. The summed E-state index contributed by atoms with van der Waals surface area (Å²) in [4.78, 5) is 63.1. The summed E-state index contributed by atoms with van der Waals surface area (Å²) in [5.41, 5.74) is 2.43. The van der Waals surface area contributed by atoms with Crippen LogP contribution in [0.3, 0.4) is 0 Å². The first-order chi connectivity index (χ1) is 25.8. The predicted molar refractivity (Wildman–Crippen MR) is 205 cm³/mol. The van der Waals surface area contributed by atoms with E-state index in [9.17, 15) is 27.6 Å². The number of carbonyl (C=O) groups excluding carboxylic acids is 4. The molecule has 288 valence electrons. The monoisotopic (exact) mass is 775 g/mol. The molecule has 8 rings (SSSR count). The number of benzene rings is 1. The molecule has 3 amide bonds. The van der Waals surface area contributed by atoms with Gasteiger partial charge in [-0.3, -0.25) is 23.9 Å². The molecule has 2 aromatic rings. The van der Waals surface area contributed by atoms with Crippen LogP contribution in [0.1, 0.15) is 94.0 Å². The van der Waals surface area contributed by atoms with Gasteiger partial charge in [0.2, 0.25) is 21.8 Å². The molecule has 2 aliphatic heterocycles. The van der Waals surface area contributed by atoms with Crippen LogP contribution < -0.4 is 15.4 Å². The van der Waals surface area contributed by atoms with Crippen LogP contribution in [-0.4, -0.2) is 77.5 Å². The first-order valence-electron chi connectivity index (χ1n) is 19.3. The Kier molecular flexibility index (Phi) is 9.51. The largest absolute Gasteiger partial charge is 0.460 e. The van der Waals surface area contributed by atoms with Gasteiger partial charge in [-0.25, -0.2) is 13.4 Å². The highest BCUT2D eigenvalue weighted by molar-refractivity contribution is 7.91. The van der Waals surface area contributed by atoms with Crippen LogP contribution in [0.4, 0.5) is 5.13 Å². The third-order valence-corrected chi connectivity index (χ3v) is 15.1. The highest BCUT2D eigenvalue weighted by Crippen LogP contribution is 2.46. The van der Waals surface area contributed by atoms with Crippen LogP contribution in [0.5, 0.6) is 0 Å². The number of hydrogen-bond donors (Lipinski definition) is 3. The molecule has 1 saturated heterocycles. The Labute approximate surface area is 320 Å². The number of carbonyl (C=O) groups is 4. The fraction of sp³-hybridized carbons (Fsp3) is 0.575. The molecule has 1 aromatic heterocycles. The van der Waals surface area contributed by atoms with Crippen molar-refractivity contribution in [2.45, 2.75) is 119 Å². The highest BCUT2D eigenvalue weighted by atomic mass is 32.2. The maximum absolute atomic E-state index is 14.8. The van der Waals surface area contributed by atoms with Gasteiger partial charge in [-0.1, -0.05) is 63.1 Å². The molecule has 14 heteroatoms. The van der Waals surface area contributed by atoms with E-state index in [4.69, 9.17) is 9.72 Å². The minimum Gasteiger partial charge on any atom is -0.460 e. The zero-order chi connectivity index (χ0) is 38.0. The summed E-state index contributed by atoms with van der Waals surface area (Å²) in [6.45, 7) is 8.12. The van der Waals surface area contributed by atoms with Crippen molar-refractivity contribution in [1.29, 1.82) is 0 Å². The fourth-order valence-electron chi connectivity index (χ4n) is 8.88. The molecule has 1 aromatic carbocycles. The van der Waals surface area contributed by atoms with Crippen molar-refractivity contribution < 1.29 is 32.3 Å². The predicted octanol–water partition coefficient (Wildman–Crippen LogP) is 4.41. The summed E-state index contributed by atoms with van der Waals surface area (Å²) in [5, 5.41) is 8.37. The van der Waals surface area contributed by atoms with E-state index in [1.165, 1.54) is 22.3 Å². The third-order valence-electron chi connectivity index (χ3n) is 12.5. The first-order valence-corrected chi connectivity index (χ1v) is 21.7. The number of amides is 3. The number of allylic oxidation sites excluding steroid dienone is 1. The maximum atomic E-state index is 14.8. The van der Waals surface area contributed by atoms with Crippen LogP contribution in [-0.2, 0) is 52.2 Å². The quantitative estimate of drug-likeness (QED) is 0.273. The lowest BCUT2D eigenvalue weighted by Crippen LogP contribution is -2.58. The third kappa shape index (κ3) is 7.00. The zero-order valence-electron chi connectivity index (χ0n) is 30.8. The summed E-state index contributed by atoms with van der Waals surface area (Å²) in [7, 11) is -3.87. The molecular weight excluding hydrogens is 727 g/mol. The maximum Gasteiger partial charge on any atom is 0.309 e. The highest BCUT2D eigenvalue weighted by Gasteiger charge is 2.62. The van der Waals surface area contributed by atoms with Crippen molar-refractivity contribution in [3.63, 3.8) is 0 Å². The van der Waals surface area contributed by atoms with E-state index in [1.807, 2.05) is 11.4 Å². The van der Waals surface area contributed by atoms with E-state index in [0.717, 1.165) is 54.5 Å². The number of anilines is 1. The van der Waals surface area contributed by atoms with E-state index in [1.54, 1.807) is 0 Å². The lowest BCUT2D eigenvalue weighted by molar-refractivity contribution is -0.153. The number of nitrogens with one attached hydrogen (secondary N) is 3. The van der Waals surface area contributed by atoms with E-state index in [0.29, 0.717) is 30.8 Å². The summed E-state index contributed by atoms with van der Waals surface area (Å²) >= 11 is 1.45. The van der Waals surface area contributed by atoms with Crippen molar-refractivity contribution in [3.8, 4) is 0 Å². The van der Waals surface area contributed by atoms with Gasteiger partial charge < -0.3 is 20.3 Å². The second-order valence-corrected chi connectivity index (χ2v) is 19.6. The molecule has 4 aliphatic carbocycles. The SMILES string of the molecule is C=C[C@@H]1C[C@]1(NC(=O)[C@@H]1C[C@@H]2CN1C(=O)[C@H](C1CCCC1)Nc1nc(cs1)C(C)(C)CC=Cc1cccc3c1CC(C3)C(=O)O2)C(=O)NS(=O)(=O)C1CC1. The van der Waals surface area contributed by atoms with Gasteiger partial charge in [0.05, 0.1) is 23.4 Å². The Hall–Kier alpha value is -4.04. The Bertz CT molecular complexity index is 2020. The van der Waals surface area contributed by atoms with Crippen LogP contribution in [0.2, 0.25) is 0 Å². The Morgan fingerprint density at radius 1 is 1.13 bits per heavy atom. The number of aromatic nitrogens is 1.